The Balaban J connectivity index is 2.12. The fourth-order valence-electron chi connectivity index (χ4n) is 2.02. The van der Waals surface area contributed by atoms with Gasteiger partial charge < -0.3 is 14.7 Å². The molecule has 0 fully saturated rings. The SMILES string of the molecule is CCOC(=O)C(O)c1ccc(C2=NCCN2C)cc1. The number of aliphatic hydroxyl groups excluding tert-OH is 1. The lowest BCUT2D eigenvalue weighted by Gasteiger charge is -2.15. The second kappa shape index (κ2) is 5.84. The van der Waals surface area contributed by atoms with Crippen molar-refractivity contribution in [1.29, 1.82) is 0 Å². The Morgan fingerprint density at radius 3 is 2.68 bits per heavy atom. The zero-order valence-corrected chi connectivity index (χ0v) is 11.2. The molecule has 1 atom stereocenters. The third-order valence-corrected chi connectivity index (χ3v) is 3.05. The summed E-state index contributed by atoms with van der Waals surface area (Å²) in [6.07, 6.45) is -1.22. The van der Waals surface area contributed by atoms with Crippen LogP contribution in [0.5, 0.6) is 0 Å². The van der Waals surface area contributed by atoms with Gasteiger partial charge in [-0.1, -0.05) is 24.3 Å². The number of aliphatic hydroxyl groups is 1. The number of likely N-dealkylation sites (N-methyl/N-ethyl adjacent to an activating group) is 1. The first kappa shape index (κ1) is 13.5. The lowest BCUT2D eigenvalue weighted by Crippen LogP contribution is -2.23. The van der Waals surface area contributed by atoms with Crippen LogP contribution in [0.3, 0.4) is 0 Å². The van der Waals surface area contributed by atoms with Gasteiger partial charge in [-0.15, -0.1) is 0 Å². The standard InChI is InChI=1S/C14H18N2O3/c1-3-19-14(18)12(17)10-4-6-11(7-5-10)13-15-8-9-16(13)2/h4-7,12,17H,3,8-9H2,1-2H3. The van der Waals surface area contributed by atoms with Crippen molar-refractivity contribution in [2.75, 3.05) is 26.7 Å². The minimum Gasteiger partial charge on any atom is -0.464 e. The predicted octanol–water partition coefficient (Wildman–Crippen LogP) is 0.975. The largest absolute Gasteiger partial charge is 0.464 e. The quantitative estimate of drug-likeness (QED) is 0.821. The number of carbonyl (C=O) groups excluding carboxylic acids is 1. The Bertz CT molecular complexity index is 482. The molecule has 5 nitrogen and oxygen atoms in total. The van der Waals surface area contributed by atoms with Crippen LogP contribution in [0, 0.1) is 0 Å². The van der Waals surface area contributed by atoms with E-state index < -0.39 is 12.1 Å². The van der Waals surface area contributed by atoms with E-state index in [0.717, 1.165) is 24.5 Å². The predicted molar refractivity (Wildman–Crippen MR) is 72.1 cm³/mol. The van der Waals surface area contributed by atoms with Gasteiger partial charge in [0.05, 0.1) is 13.2 Å². The van der Waals surface area contributed by atoms with Crippen molar-refractivity contribution < 1.29 is 14.6 Å². The van der Waals surface area contributed by atoms with Crippen molar-refractivity contribution in [2.45, 2.75) is 13.0 Å². The van der Waals surface area contributed by atoms with Crippen LogP contribution in [-0.4, -0.2) is 48.6 Å². The molecule has 1 heterocycles. The number of aliphatic imine (C=N–C) groups is 1. The molecule has 102 valence electrons. The molecule has 1 N–H and O–H groups in total. The van der Waals surface area contributed by atoms with E-state index in [4.69, 9.17) is 4.74 Å². The smallest absolute Gasteiger partial charge is 0.339 e. The third kappa shape index (κ3) is 2.93. The van der Waals surface area contributed by atoms with Crippen LogP contribution in [0.4, 0.5) is 0 Å². The highest BCUT2D eigenvalue weighted by atomic mass is 16.5. The Morgan fingerprint density at radius 2 is 2.16 bits per heavy atom. The van der Waals surface area contributed by atoms with Crippen LogP contribution in [0.2, 0.25) is 0 Å². The van der Waals surface area contributed by atoms with Crippen molar-refractivity contribution >= 4 is 11.8 Å². The second-order valence-electron chi connectivity index (χ2n) is 4.40. The molecule has 0 bridgehead atoms. The van der Waals surface area contributed by atoms with Crippen LogP contribution in [0.25, 0.3) is 0 Å². The van der Waals surface area contributed by atoms with Crippen molar-refractivity contribution in [2.24, 2.45) is 4.99 Å². The van der Waals surface area contributed by atoms with E-state index in [9.17, 15) is 9.90 Å². The van der Waals surface area contributed by atoms with Gasteiger partial charge in [0, 0.05) is 19.2 Å². The number of amidine groups is 1. The maximum Gasteiger partial charge on any atom is 0.339 e. The molecule has 1 unspecified atom stereocenters. The van der Waals surface area contributed by atoms with Gasteiger partial charge >= 0.3 is 5.97 Å². The Hall–Kier alpha value is -1.88. The summed E-state index contributed by atoms with van der Waals surface area (Å²) in [4.78, 5) is 17.9. The van der Waals surface area contributed by atoms with E-state index >= 15 is 0 Å². The van der Waals surface area contributed by atoms with Crippen molar-refractivity contribution in [3.05, 3.63) is 35.4 Å². The zero-order chi connectivity index (χ0) is 13.8. The Kier molecular flexibility index (Phi) is 4.16. The summed E-state index contributed by atoms with van der Waals surface area (Å²) >= 11 is 0. The lowest BCUT2D eigenvalue weighted by molar-refractivity contribution is -0.153. The van der Waals surface area contributed by atoms with Crippen molar-refractivity contribution in [3.8, 4) is 0 Å². The summed E-state index contributed by atoms with van der Waals surface area (Å²) < 4.78 is 4.78. The number of hydrogen-bond acceptors (Lipinski definition) is 5. The normalized spacial score (nSPS) is 16.2. The molecule has 5 heteroatoms. The second-order valence-corrected chi connectivity index (χ2v) is 4.40. The molecule has 1 aromatic rings. The molecular formula is C14H18N2O3. The van der Waals surface area contributed by atoms with Gasteiger partial charge in [0.1, 0.15) is 5.84 Å². The number of rotatable bonds is 4. The molecule has 0 aliphatic carbocycles. The molecule has 0 amide bonds. The van der Waals surface area contributed by atoms with E-state index in [1.807, 2.05) is 19.2 Å². The first-order chi connectivity index (χ1) is 9.13. The van der Waals surface area contributed by atoms with E-state index in [2.05, 4.69) is 9.89 Å². The highest BCUT2D eigenvalue weighted by Gasteiger charge is 2.19. The molecule has 19 heavy (non-hydrogen) atoms. The zero-order valence-electron chi connectivity index (χ0n) is 11.2. The highest BCUT2D eigenvalue weighted by Crippen LogP contribution is 2.17. The number of esters is 1. The average Bonchev–Trinajstić information content (AvgIpc) is 2.84. The number of benzene rings is 1. The van der Waals surface area contributed by atoms with E-state index in [1.165, 1.54) is 0 Å². The summed E-state index contributed by atoms with van der Waals surface area (Å²) in [5, 5.41) is 9.81. The molecule has 0 saturated carbocycles. The molecule has 2 rings (SSSR count). The van der Waals surface area contributed by atoms with Crippen LogP contribution in [0.15, 0.2) is 29.3 Å². The monoisotopic (exact) mass is 262 g/mol. The van der Waals surface area contributed by atoms with Gasteiger partial charge in [0.25, 0.3) is 0 Å². The van der Waals surface area contributed by atoms with E-state index in [1.54, 1.807) is 19.1 Å². The first-order valence-electron chi connectivity index (χ1n) is 6.34. The Morgan fingerprint density at radius 1 is 1.47 bits per heavy atom. The summed E-state index contributed by atoms with van der Waals surface area (Å²) in [5.41, 5.74) is 1.52. The number of hydrogen-bond donors (Lipinski definition) is 1. The summed E-state index contributed by atoms with van der Waals surface area (Å²) in [6, 6.07) is 7.17. The highest BCUT2D eigenvalue weighted by molar-refractivity contribution is 5.99. The minimum absolute atomic E-state index is 0.260. The summed E-state index contributed by atoms with van der Waals surface area (Å²) in [7, 11) is 1.99. The van der Waals surface area contributed by atoms with Gasteiger partial charge in [-0.3, -0.25) is 4.99 Å². The van der Waals surface area contributed by atoms with Crippen molar-refractivity contribution in [3.63, 3.8) is 0 Å². The molecule has 0 aromatic heterocycles. The van der Waals surface area contributed by atoms with Crippen LogP contribution in [0.1, 0.15) is 24.2 Å². The average molecular weight is 262 g/mol. The fraction of sp³-hybridized carbons (Fsp3) is 0.429. The molecule has 1 aliphatic rings. The third-order valence-electron chi connectivity index (χ3n) is 3.05. The van der Waals surface area contributed by atoms with E-state index in [0.29, 0.717) is 5.56 Å². The van der Waals surface area contributed by atoms with Gasteiger partial charge in [-0.25, -0.2) is 4.79 Å². The maximum atomic E-state index is 11.4. The minimum atomic E-state index is -1.22. The Labute approximate surface area is 112 Å². The molecule has 0 radical (unpaired) electrons. The molecule has 1 aliphatic heterocycles. The van der Waals surface area contributed by atoms with Gasteiger partial charge in [-0.05, 0) is 12.5 Å². The van der Waals surface area contributed by atoms with E-state index in [-0.39, 0.29) is 6.61 Å². The first-order valence-corrected chi connectivity index (χ1v) is 6.34. The van der Waals surface area contributed by atoms with Crippen LogP contribution < -0.4 is 0 Å². The van der Waals surface area contributed by atoms with Crippen molar-refractivity contribution in [1.82, 2.24) is 4.90 Å². The molecule has 0 saturated heterocycles. The molecule has 0 spiro atoms. The molecular weight excluding hydrogens is 244 g/mol. The fourth-order valence-corrected chi connectivity index (χ4v) is 2.02. The summed E-state index contributed by atoms with van der Waals surface area (Å²) in [6.45, 7) is 3.69. The topological polar surface area (TPSA) is 62.1 Å². The maximum absolute atomic E-state index is 11.4. The van der Waals surface area contributed by atoms with Gasteiger partial charge in [-0.2, -0.15) is 0 Å². The number of carbonyl (C=O) groups is 1. The van der Waals surface area contributed by atoms with Crippen LogP contribution in [-0.2, 0) is 9.53 Å². The molecule has 1 aromatic carbocycles. The van der Waals surface area contributed by atoms with Gasteiger partial charge in [0.2, 0.25) is 0 Å². The summed E-state index contributed by atoms with van der Waals surface area (Å²) in [5.74, 6) is 0.322. The lowest BCUT2D eigenvalue weighted by atomic mass is 10.1. The number of nitrogens with zero attached hydrogens (tertiary/aromatic N) is 2. The number of ether oxygens (including phenoxy) is 1. The van der Waals surface area contributed by atoms with Crippen LogP contribution >= 0.6 is 0 Å². The van der Waals surface area contributed by atoms with Gasteiger partial charge in [0.15, 0.2) is 6.10 Å².